The third-order valence-electron chi connectivity index (χ3n) is 4.09. The van der Waals surface area contributed by atoms with E-state index in [1.807, 2.05) is 24.3 Å². The van der Waals surface area contributed by atoms with Gasteiger partial charge in [0.15, 0.2) is 0 Å². The van der Waals surface area contributed by atoms with Gasteiger partial charge in [-0.15, -0.1) is 0 Å². The highest BCUT2D eigenvalue weighted by atomic mass is 32.2. The molecule has 3 rings (SSSR count). The Kier molecular flexibility index (Phi) is 4.76. The summed E-state index contributed by atoms with van der Waals surface area (Å²) in [6.45, 7) is 1.19. The molecule has 23 heavy (non-hydrogen) atoms. The molecule has 0 spiro atoms. The van der Waals surface area contributed by atoms with Crippen molar-refractivity contribution >= 4 is 34.5 Å². The maximum absolute atomic E-state index is 12.3. The van der Waals surface area contributed by atoms with E-state index in [4.69, 9.17) is 5.73 Å². The molecule has 0 radical (unpaired) electrons. The Bertz CT molecular complexity index is 724. The van der Waals surface area contributed by atoms with Crippen LogP contribution in [-0.4, -0.2) is 45.5 Å². The summed E-state index contributed by atoms with van der Waals surface area (Å²) < 4.78 is 0. The third-order valence-corrected chi connectivity index (χ3v) is 5.08. The Morgan fingerprint density at radius 2 is 1.96 bits per heavy atom. The molecule has 1 aromatic heterocycles. The second-order valence-electron chi connectivity index (χ2n) is 5.54. The molecule has 0 unspecified atom stereocenters. The van der Waals surface area contributed by atoms with Crippen LogP contribution in [0.3, 0.4) is 0 Å². The van der Waals surface area contributed by atoms with Gasteiger partial charge in [0.25, 0.3) is 0 Å². The van der Waals surface area contributed by atoms with Gasteiger partial charge >= 0.3 is 0 Å². The van der Waals surface area contributed by atoms with Crippen LogP contribution in [0.15, 0.2) is 35.6 Å². The van der Waals surface area contributed by atoms with Gasteiger partial charge in [0.05, 0.1) is 11.3 Å². The molecule has 1 aromatic carbocycles. The molecule has 1 aliphatic rings. The number of hydrogen-bond donors (Lipinski definition) is 1. The summed E-state index contributed by atoms with van der Waals surface area (Å²) in [5.41, 5.74) is 6.19. The van der Waals surface area contributed by atoms with E-state index in [0.29, 0.717) is 31.7 Å². The Balaban J connectivity index is 1.60. The quantitative estimate of drug-likeness (QED) is 0.677. The molecule has 6 nitrogen and oxygen atoms in total. The van der Waals surface area contributed by atoms with Gasteiger partial charge < -0.3 is 10.6 Å². The third kappa shape index (κ3) is 3.61. The Morgan fingerprint density at radius 1 is 1.22 bits per heavy atom. The van der Waals surface area contributed by atoms with Gasteiger partial charge in [-0.1, -0.05) is 30.0 Å². The fraction of sp³-hybridized carbons (Fsp3) is 0.375. The average molecular weight is 330 g/mol. The lowest BCUT2D eigenvalue weighted by molar-refractivity contribution is -0.132. The number of nitrogens with zero attached hydrogens (tertiary/aromatic N) is 3. The van der Waals surface area contributed by atoms with Crippen molar-refractivity contribution in [3.8, 4) is 0 Å². The first-order valence-electron chi connectivity index (χ1n) is 7.55. The van der Waals surface area contributed by atoms with E-state index < -0.39 is 0 Å². The van der Waals surface area contributed by atoms with Crippen LogP contribution < -0.4 is 5.73 Å². The van der Waals surface area contributed by atoms with Gasteiger partial charge in [-0.2, -0.15) is 0 Å². The van der Waals surface area contributed by atoms with Crippen LogP contribution in [0.5, 0.6) is 0 Å². The second kappa shape index (κ2) is 6.95. The standard InChI is InChI=1S/C16H18N4O2S/c17-15(22)11-5-7-20(8-6-11)14(21)9-23-16-12-3-1-2-4-13(12)18-10-19-16/h1-4,10-11H,5-9H2,(H2,17,22). The number of carbonyl (C=O) groups is 2. The van der Waals surface area contributed by atoms with Crippen LogP contribution in [0.4, 0.5) is 0 Å². The van der Waals surface area contributed by atoms with Crippen molar-refractivity contribution < 1.29 is 9.59 Å². The molecule has 0 saturated carbocycles. The number of fused-ring (bicyclic) bond motifs is 1. The molecule has 0 aliphatic carbocycles. The predicted octanol–water partition coefficient (Wildman–Crippen LogP) is 1.45. The summed E-state index contributed by atoms with van der Waals surface area (Å²) >= 11 is 1.42. The highest BCUT2D eigenvalue weighted by Gasteiger charge is 2.25. The van der Waals surface area contributed by atoms with E-state index in [0.717, 1.165) is 15.9 Å². The first kappa shape index (κ1) is 15.7. The maximum atomic E-state index is 12.3. The largest absolute Gasteiger partial charge is 0.369 e. The van der Waals surface area contributed by atoms with Gasteiger partial charge in [0.2, 0.25) is 11.8 Å². The Morgan fingerprint density at radius 3 is 2.70 bits per heavy atom. The van der Waals surface area contributed by atoms with Crippen molar-refractivity contribution in [3.05, 3.63) is 30.6 Å². The molecule has 1 fully saturated rings. The van der Waals surface area contributed by atoms with Gasteiger partial charge in [0.1, 0.15) is 11.4 Å². The van der Waals surface area contributed by atoms with E-state index in [1.165, 1.54) is 18.1 Å². The normalized spacial score (nSPS) is 15.7. The summed E-state index contributed by atoms with van der Waals surface area (Å²) in [7, 11) is 0. The number of primary amides is 1. The summed E-state index contributed by atoms with van der Waals surface area (Å²) in [6.07, 6.45) is 2.83. The van der Waals surface area contributed by atoms with Gasteiger partial charge in [0, 0.05) is 24.4 Å². The van der Waals surface area contributed by atoms with Crippen LogP contribution in [0.1, 0.15) is 12.8 Å². The summed E-state index contributed by atoms with van der Waals surface area (Å²) in [4.78, 5) is 33.8. The Labute approximate surface area is 138 Å². The Hall–Kier alpha value is -2.15. The molecule has 2 aromatic rings. The van der Waals surface area contributed by atoms with Crippen LogP contribution in [0.2, 0.25) is 0 Å². The molecule has 0 atom stereocenters. The first-order valence-corrected chi connectivity index (χ1v) is 8.53. The van der Waals surface area contributed by atoms with E-state index in [9.17, 15) is 9.59 Å². The zero-order valence-electron chi connectivity index (χ0n) is 12.6. The molecule has 2 N–H and O–H groups in total. The van der Waals surface area contributed by atoms with E-state index in [1.54, 1.807) is 4.90 Å². The number of para-hydroxylation sites is 1. The molecule has 2 heterocycles. The smallest absolute Gasteiger partial charge is 0.232 e. The average Bonchev–Trinajstić information content (AvgIpc) is 2.59. The van der Waals surface area contributed by atoms with Crippen LogP contribution >= 0.6 is 11.8 Å². The summed E-state index contributed by atoms with van der Waals surface area (Å²) in [6, 6.07) is 7.75. The number of piperidine rings is 1. The van der Waals surface area contributed by atoms with Crippen molar-refractivity contribution in [1.29, 1.82) is 0 Å². The number of hydrogen-bond acceptors (Lipinski definition) is 5. The van der Waals surface area contributed by atoms with E-state index in [2.05, 4.69) is 9.97 Å². The van der Waals surface area contributed by atoms with Gasteiger partial charge in [-0.3, -0.25) is 9.59 Å². The highest BCUT2D eigenvalue weighted by Crippen LogP contribution is 2.25. The molecular weight excluding hydrogens is 312 g/mol. The number of rotatable bonds is 4. The molecule has 1 aliphatic heterocycles. The van der Waals surface area contributed by atoms with E-state index >= 15 is 0 Å². The lowest BCUT2D eigenvalue weighted by Gasteiger charge is -2.30. The summed E-state index contributed by atoms with van der Waals surface area (Å²) in [5.74, 6) is 0.0412. The van der Waals surface area contributed by atoms with Crippen molar-refractivity contribution in [3.63, 3.8) is 0 Å². The molecule has 1 saturated heterocycles. The lowest BCUT2D eigenvalue weighted by atomic mass is 9.96. The minimum atomic E-state index is -0.265. The number of likely N-dealkylation sites (tertiary alicyclic amines) is 1. The summed E-state index contributed by atoms with van der Waals surface area (Å²) in [5, 5.41) is 1.77. The minimum Gasteiger partial charge on any atom is -0.369 e. The van der Waals surface area contributed by atoms with Crippen LogP contribution in [0.25, 0.3) is 10.9 Å². The number of amides is 2. The van der Waals surface area contributed by atoms with Crippen molar-refractivity contribution in [2.75, 3.05) is 18.8 Å². The SMILES string of the molecule is NC(=O)C1CCN(C(=O)CSc2ncnc3ccccc23)CC1. The highest BCUT2D eigenvalue weighted by molar-refractivity contribution is 8.00. The monoisotopic (exact) mass is 330 g/mol. The number of benzene rings is 1. The minimum absolute atomic E-state index is 0.0700. The molecular formula is C16H18N4O2S. The second-order valence-corrected chi connectivity index (χ2v) is 6.51. The number of aromatic nitrogens is 2. The zero-order valence-corrected chi connectivity index (χ0v) is 13.5. The van der Waals surface area contributed by atoms with Crippen LogP contribution in [0, 0.1) is 5.92 Å². The topological polar surface area (TPSA) is 89.2 Å². The van der Waals surface area contributed by atoms with Crippen LogP contribution in [-0.2, 0) is 9.59 Å². The van der Waals surface area contributed by atoms with Crippen molar-refractivity contribution in [2.45, 2.75) is 17.9 Å². The predicted molar refractivity (Wildman–Crippen MR) is 88.8 cm³/mol. The molecule has 7 heteroatoms. The number of thioether (sulfide) groups is 1. The lowest BCUT2D eigenvalue weighted by Crippen LogP contribution is -2.42. The number of carbonyl (C=O) groups excluding carboxylic acids is 2. The molecule has 120 valence electrons. The fourth-order valence-corrected chi connectivity index (χ4v) is 3.62. The first-order chi connectivity index (χ1) is 11.1. The maximum Gasteiger partial charge on any atom is 0.232 e. The van der Waals surface area contributed by atoms with Crippen molar-refractivity contribution in [1.82, 2.24) is 14.9 Å². The molecule has 2 amide bonds. The zero-order chi connectivity index (χ0) is 16.2. The van der Waals surface area contributed by atoms with Crippen molar-refractivity contribution in [2.24, 2.45) is 11.7 Å². The fourth-order valence-electron chi connectivity index (χ4n) is 2.73. The molecule has 0 bridgehead atoms. The van der Waals surface area contributed by atoms with Gasteiger partial charge in [-0.05, 0) is 18.9 Å². The number of nitrogens with two attached hydrogens (primary N) is 1. The van der Waals surface area contributed by atoms with E-state index in [-0.39, 0.29) is 17.7 Å². The van der Waals surface area contributed by atoms with Gasteiger partial charge in [-0.25, -0.2) is 9.97 Å².